The lowest BCUT2D eigenvalue weighted by molar-refractivity contribution is 0.0505. The minimum Gasteiger partial charge on any atom is -0.496 e. The molecule has 2 aromatic rings. The van der Waals surface area contributed by atoms with Crippen molar-refractivity contribution in [1.29, 1.82) is 0 Å². The van der Waals surface area contributed by atoms with E-state index >= 15 is 0 Å². The van der Waals surface area contributed by atoms with Crippen molar-refractivity contribution < 1.29 is 9.47 Å². The number of hydrogen-bond donors (Lipinski definition) is 2. The summed E-state index contributed by atoms with van der Waals surface area (Å²) in [6.45, 7) is 5.23. The Kier molecular flexibility index (Phi) is 7.81. The van der Waals surface area contributed by atoms with E-state index in [9.17, 15) is 0 Å². The zero-order valence-corrected chi connectivity index (χ0v) is 18.9. The van der Waals surface area contributed by atoms with Crippen molar-refractivity contribution in [2.45, 2.75) is 31.1 Å². The summed E-state index contributed by atoms with van der Waals surface area (Å²) in [4.78, 5) is 4.42. The molecule has 1 aliphatic heterocycles. The summed E-state index contributed by atoms with van der Waals surface area (Å²) in [5, 5.41) is 12.0. The molecule has 2 N–H and O–H groups in total. The molecule has 0 aliphatic carbocycles. The predicted octanol–water partition coefficient (Wildman–Crippen LogP) is 4.43. The fourth-order valence-electron chi connectivity index (χ4n) is 3.79. The van der Waals surface area contributed by atoms with Crippen LogP contribution in [-0.2, 0) is 10.2 Å². The zero-order valence-electron chi connectivity index (χ0n) is 17.3. The predicted molar refractivity (Wildman–Crippen MR) is 122 cm³/mol. The molecule has 0 spiro atoms. The molecular weight excluding hydrogens is 406 g/mol. The number of aliphatic imine (C=N–C) groups is 1. The second-order valence-electron chi connectivity index (χ2n) is 7.50. The largest absolute Gasteiger partial charge is 0.496 e. The smallest absolute Gasteiger partial charge is 0.191 e. The molecule has 0 amide bonds. The molecule has 1 aromatic heterocycles. The van der Waals surface area contributed by atoms with Crippen LogP contribution in [0.15, 0.2) is 40.0 Å². The van der Waals surface area contributed by atoms with Gasteiger partial charge in [0.15, 0.2) is 5.96 Å². The van der Waals surface area contributed by atoms with Crippen molar-refractivity contribution in [3.63, 3.8) is 0 Å². The Morgan fingerprint density at radius 1 is 1.31 bits per heavy atom. The van der Waals surface area contributed by atoms with Crippen molar-refractivity contribution in [3.05, 3.63) is 51.2 Å². The van der Waals surface area contributed by atoms with E-state index in [1.165, 1.54) is 5.56 Å². The Hall–Kier alpha value is -1.76. The van der Waals surface area contributed by atoms with E-state index in [4.69, 9.17) is 21.1 Å². The normalized spacial score (nSPS) is 17.6. The minimum atomic E-state index is -0.120. The molecule has 0 radical (unpaired) electrons. The summed E-state index contributed by atoms with van der Waals surface area (Å²) < 4.78 is 11.3. The summed E-state index contributed by atoms with van der Waals surface area (Å²) in [6, 6.07) is 8.03. The van der Waals surface area contributed by atoms with Crippen LogP contribution in [0.1, 0.15) is 36.8 Å². The third-order valence-corrected chi connectivity index (χ3v) is 6.63. The van der Waals surface area contributed by atoms with Gasteiger partial charge in [0.05, 0.1) is 7.11 Å². The molecule has 1 aromatic carbocycles. The maximum Gasteiger partial charge on any atom is 0.191 e. The van der Waals surface area contributed by atoms with Crippen molar-refractivity contribution >= 4 is 28.9 Å². The highest BCUT2D eigenvalue weighted by Gasteiger charge is 2.37. The quantitative estimate of drug-likeness (QED) is 0.499. The van der Waals surface area contributed by atoms with Crippen LogP contribution in [0.3, 0.4) is 0 Å². The van der Waals surface area contributed by atoms with Crippen molar-refractivity contribution in [2.75, 3.05) is 40.5 Å². The van der Waals surface area contributed by atoms with Gasteiger partial charge in [-0.2, -0.15) is 11.3 Å². The van der Waals surface area contributed by atoms with Gasteiger partial charge in [0, 0.05) is 49.4 Å². The SMILES string of the molecule is CN=C(NCC(C)c1ccsc1)NCC1(c2cc(Cl)ccc2OC)CCOCC1. The highest BCUT2D eigenvalue weighted by atomic mass is 35.5. The topological polar surface area (TPSA) is 54.9 Å². The molecule has 1 fully saturated rings. The average Bonchev–Trinajstić information content (AvgIpc) is 3.29. The number of halogens is 1. The van der Waals surface area contributed by atoms with Gasteiger partial charge >= 0.3 is 0 Å². The molecule has 5 nitrogen and oxygen atoms in total. The van der Waals surface area contributed by atoms with Gasteiger partial charge < -0.3 is 20.1 Å². The van der Waals surface area contributed by atoms with Gasteiger partial charge in [0.25, 0.3) is 0 Å². The summed E-state index contributed by atoms with van der Waals surface area (Å²) in [5.74, 6) is 2.09. The molecule has 1 unspecified atom stereocenters. The number of thiophene rings is 1. The molecule has 3 rings (SSSR count). The first-order valence-corrected chi connectivity index (χ1v) is 11.3. The first-order valence-electron chi connectivity index (χ1n) is 9.96. The fraction of sp³-hybridized carbons (Fsp3) is 0.500. The van der Waals surface area contributed by atoms with Gasteiger partial charge in [0.1, 0.15) is 5.75 Å². The number of nitrogens with zero attached hydrogens (tertiary/aromatic N) is 1. The molecule has 29 heavy (non-hydrogen) atoms. The van der Waals surface area contributed by atoms with Gasteiger partial charge in [-0.15, -0.1) is 0 Å². The first-order chi connectivity index (χ1) is 14.1. The van der Waals surface area contributed by atoms with Crippen LogP contribution in [0.5, 0.6) is 5.75 Å². The van der Waals surface area contributed by atoms with Crippen LogP contribution in [0.2, 0.25) is 5.02 Å². The number of hydrogen-bond acceptors (Lipinski definition) is 4. The number of nitrogens with one attached hydrogen (secondary N) is 2. The Morgan fingerprint density at radius 3 is 2.76 bits per heavy atom. The second-order valence-corrected chi connectivity index (χ2v) is 8.72. The molecule has 0 saturated carbocycles. The zero-order chi connectivity index (χ0) is 20.7. The van der Waals surface area contributed by atoms with Crippen molar-refractivity contribution in [3.8, 4) is 5.75 Å². The van der Waals surface area contributed by atoms with E-state index in [1.807, 2.05) is 18.2 Å². The lowest BCUT2D eigenvalue weighted by atomic mass is 9.73. The maximum atomic E-state index is 6.34. The number of ether oxygens (including phenoxy) is 2. The number of methoxy groups -OCH3 is 1. The van der Waals surface area contributed by atoms with Gasteiger partial charge in [0.2, 0.25) is 0 Å². The molecule has 1 saturated heterocycles. The lowest BCUT2D eigenvalue weighted by Crippen LogP contribution is -2.48. The molecule has 7 heteroatoms. The Morgan fingerprint density at radius 2 is 2.10 bits per heavy atom. The number of rotatable bonds is 7. The summed E-state index contributed by atoms with van der Waals surface area (Å²) in [5.41, 5.74) is 2.36. The monoisotopic (exact) mass is 435 g/mol. The standard InChI is InChI=1S/C22H30ClN3O2S/c1-16(17-6-11-29-14-17)13-25-21(24-2)26-15-22(7-9-28-10-8-22)19-12-18(23)4-5-20(19)27-3/h4-6,11-12,14,16H,7-10,13,15H2,1-3H3,(H2,24,25,26). The molecule has 1 aliphatic rings. The van der Waals surface area contributed by atoms with Gasteiger partial charge in [-0.05, 0) is 59.3 Å². The number of benzene rings is 1. The first kappa shape index (κ1) is 21.9. The van der Waals surface area contributed by atoms with Crippen molar-refractivity contribution in [1.82, 2.24) is 10.6 Å². The van der Waals surface area contributed by atoms with Crippen LogP contribution in [0.4, 0.5) is 0 Å². The van der Waals surface area contributed by atoms with E-state index in [0.717, 1.165) is 61.4 Å². The summed E-state index contributed by atoms with van der Waals surface area (Å²) in [7, 11) is 3.51. The van der Waals surface area contributed by atoms with Gasteiger partial charge in [-0.25, -0.2) is 0 Å². The molecule has 2 heterocycles. The van der Waals surface area contributed by atoms with E-state index in [1.54, 1.807) is 25.5 Å². The van der Waals surface area contributed by atoms with Crippen LogP contribution in [0, 0.1) is 0 Å². The van der Waals surface area contributed by atoms with E-state index in [2.05, 4.69) is 39.4 Å². The fourth-order valence-corrected chi connectivity index (χ4v) is 4.75. The van der Waals surface area contributed by atoms with Crippen LogP contribution < -0.4 is 15.4 Å². The van der Waals surface area contributed by atoms with Crippen LogP contribution in [-0.4, -0.2) is 46.4 Å². The lowest BCUT2D eigenvalue weighted by Gasteiger charge is -2.39. The van der Waals surface area contributed by atoms with Gasteiger partial charge in [-0.3, -0.25) is 4.99 Å². The molecular formula is C22H30ClN3O2S. The van der Waals surface area contributed by atoms with E-state index in [0.29, 0.717) is 5.92 Å². The Balaban J connectivity index is 1.71. The second kappa shape index (κ2) is 10.3. The highest BCUT2D eigenvalue weighted by molar-refractivity contribution is 7.07. The van der Waals surface area contributed by atoms with Gasteiger partial charge in [-0.1, -0.05) is 18.5 Å². The van der Waals surface area contributed by atoms with Crippen LogP contribution in [0.25, 0.3) is 0 Å². The maximum absolute atomic E-state index is 6.34. The summed E-state index contributed by atoms with van der Waals surface area (Å²) >= 11 is 8.07. The Labute approximate surface area is 182 Å². The minimum absolute atomic E-state index is 0.120. The van der Waals surface area contributed by atoms with Crippen LogP contribution >= 0.6 is 22.9 Å². The average molecular weight is 436 g/mol. The Bertz CT molecular complexity index is 804. The molecule has 158 valence electrons. The number of guanidine groups is 1. The highest BCUT2D eigenvalue weighted by Crippen LogP contribution is 2.40. The third kappa shape index (κ3) is 5.44. The third-order valence-electron chi connectivity index (χ3n) is 5.69. The van der Waals surface area contributed by atoms with E-state index in [-0.39, 0.29) is 5.41 Å². The van der Waals surface area contributed by atoms with E-state index < -0.39 is 0 Å². The summed E-state index contributed by atoms with van der Waals surface area (Å²) in [6.07, 6.45) is 1.80. The molecule has 1 atom stereocenters. The molecule has 0 bridgehead atoms. The van der Waals surface area contributed by atoms with Crippen molar-refractivity contribution in [2.24, 2.45) is 4.99 Å².